The first-order chi connectivity index (χ1) is 8.29. The summed E-state index contributed by atoms with van der Waals surface area (Å²) in [5.74, 6) is -0.769. The molecule has 102 valence electrons. The van der Waals surface area contributed by atoms with E-state index in [0.717, 1.165) is 6.07 Å². The molecule has 0 spiro atoms. The molecule has 1 rings (SSSR count). The van der Waals surface area contributed by atoms with Gasteiger partial charge in [-0.25, -0.2) is 4.39 Å². The summed E-state index contributed by atoms with van der Waals surface area (Å²) in [6.07, 6.45) is -0.945. The highest BCUT2D eigenvalue weighted by atomic mass is 32.2. The van der Waals surface area contributed by atoms with Crippen LogP contribution in [0.25, 0.3) is 0 Å². The molecule has 0 aliphatic rings. The summed E-state index contributed by atoms with van der Waals surface area (Å²) < 4.78 is 53.8. The molecule has 0 fully saturated rings. The van der Waals surface area contributed by atoms with Gasteiger partial charge in [-0.15, -0.1) is 0 Å². The fourth-order valence-corrected chi connectivity index (χ4v) is 1.65. The maximum Gasteiger partial charge on any atom is 0.441 e. The number of rotatable bonds is 5. The third kappa shape index (κ3) is 5.14. The molecule has 1 unspecified atom stereocenters. The minimum Gasteiger partial charge on any atom is -0.493 e. The molecule has 0 aromatic heterocycles. The van der Waals surface area contributed by atoms with Gasteiger partial charge < -0.3 is 9.84 Å². The van der Waals surface area contributed by atoms with E-state index in [1.807, 2.05) is 0 Å². The van der Waals surface area contributed by atoms with Crippen LogP contribution in [0.4, 0.5) is 17.6 Å². The summed E-state index contributed by atoms with van der Waals surface area (Å²) in [6.45, 7) is 1.25. The van der Waals surface area contributed by atoms with Gasteiger partial charge in [-0.3, -0.25) is 0 Å². The van der Waals surface area contributed by atoms with Crippen molar-refractivity contribution < 1.29 is 27.4 Å². The second-order valence-corrected chi connectivity index (χ2v) is 4.66. The summed E-state index contributed by atoms with van der Waals surface area (Å²) in [5, 5.41) is 9.19. The van der Waals surface area contributed by atoms with E-state index in [1.165, 1.54) is 19.1 Å². The summed E-state index contributed by atoms with van der Waals surface area (Å²) >= 11 is -0.194. The summed E-state index contributed by atoms with van der Waals surface area (Å²) in [7, 11) is 0. The molecule has 0 radical (unpaired) electrons. The Morgan fingerprint density at radius 2 is 2.06 bits per heavy atom. The van der Waals surface area contributed by atoms with Gasteiger partial charge in [0.2, 0.25) is 0 Å². The van der Waals surface area contributed by atoms with E-state index >= 15 is 0 Å². The molecule has 1 N–H and O–H groups in total. The number of thioether (sulfide) groups is 1. The highest BCUT2D eigenvalue weighted by Gasteiger charge is 2.27. The Morgan fingerprint density at radius 1 is 1.39 bits per heavy atom. The quantitative estimate of drug-likeness (QED) is 0.662. The number of ether oxygens (including phenoxy) is 1. The second kappa shape index (κ2) is 6.29. The Hall–Kier alpha value is -0.950. The molecule has 2 nitrogen and oxygen atoms in total. The smallest absolute Gasteiger partial charge is 0.441 e. The number of halogens is 4. The van der Waals surface area contributed by atoms with E-state index in [-0.39, 0.29) is 35.4 Å². The summed E-state index contributed by atoms with van der Waals surface area (Å²) in [4.78, 5) is 0. The molecule has 18 heavy (non-hydrogen) atoms. The molecule has 0 aliphatic carbocycles. The molecule has 0 saturated carbocycles. The Kier molecular flexibility index (Phi) is 5.28. The predicted octanol–water partition coefficient (Wildman–Crippen LogP) is 3.51. The highest BCUT2D eigenvalue weighted by Crippen LogP contribution is 2.30. The summed E-state index contributed by atoms with van der Waals surface area (Å²) in [5.41, 5.74) is -4.17. The van der Waals surface area contributed by atoms with Gasteiger partial charge in [0, 0.05) is 17.4 Å². The first-order valence-corrected chi connectivity index (χ1v) is 6.09. The zero-order valence-electron chi connectivity index (χ0n) is 9.50. The van der Waals surface area contributed by atoms with E-state index in [4.69, 9.17) is 4.74 Å². The van der Waals surface area contributed by atoms with Gasteiger partial charge in [0.25, 0.3) is 0 Å². The third-order valence-electron chi connectivity index (χ3n) is 2.04. The number of aliphatic hydroxyl groups excluding tert-OH is 1. The van der Waals surface area contributed by atoms with Crippen molar-refractivity contribution >= 4 is 11.8 Å². The lowest BCUT2D eigenvalue weighted by Gasteiger charge is -2.10. The SMILES string of the molecule is CC(O)c1ccc(OCCSC(F)(F)F)cc1F. The fraction of sp³-hybridized carbons (Fsp3) is 0.455. The van der Waals surface area contributed by atoms with E-state index in [0.29, 0.717) is 0 Å². The Bertz CT molecular complexity index is 393. The monoisotopic (exact) mass is 284 g/mol. The maximum atomic E-state index is 13.4. The average molecular weight is 284 g/mol. The number of hydrogen-bond donors (Lipinski definition) is 1. The zero-order valence-corrected chi connectivity index (χ0v) is 10.3. The summed E-state index contributed by atoms with van der Waals surface area (Å²) in [6, 6.07) is 3.79. The first kappa shape index (κ1) is 15.1. The van der Waals surface area contributed by atoms with Crippen LogP contribution in [-0.4, -0.2) is 23.0 Å². The van der Waals surface area contributed by atoms with Gasteiger partial charge in [0.05, 0.1) is 12.7 Å². The van der Waals surface area contributed by atoms with E-state index in [1.54, 1.807) is 0 Å². The normalized spacial score (nSPS) is 13.4. The molecule has 0 saturated heterocycles. The van der Waals surface area contributed by atoms with E-state index in [9.17, 15) is 22.7 Å². The third-order valence-corrected chi connectivity index (χ3v) is 2.74. The molecule has 7 heteroatoms. The van der Waals surface area contributed by atoms with Crippen molar-refractivity contribution in [3.05, 3.63) is 29.6 Å². The van der Waals surface area contributed by atoms with Crippen LogP contribution < -0.4 is 4.74 Å². The van der Waals surface area contributed by atoms with Crippen LogP contribution >= 0.6 is 11.8 Å². The van der Waals surface area contributed by atoms with Crippen molar-refractivity contribution in [2.45, 2.75) is 18.5 Å². The fourth-order valence-electron chi connectivity index (χ4n) is 1.25. The molecule has 1 atom stereocenters. The molecule has 1 aromatic carbocycles. The predicted molar refractivity (Wildman–Crippen MR) is 61.0 cm³/mol. The van der Waals surface area contributed by atoms with Gasteiger partial charge in [-0.1, -0.05) is 0 Å². The minimum atomic E-state index is -4.29. The Morgan fingerprint density at radius 3 is 2.56 bits per heavy atom. The van der Waals surface area contributed by atoms with Crippen LogP contribution in [-0.2, 0) is 0 Å². The van der Waals surface area contributed by atoms with Gasteiger partial charge >= 0.3 is 5.51 Å². The molecular formula is C11H12F4O2S. The highest BCUT2D eigenvalue weighted by molar-refractivity contribution is 8.00. The largest absolute Gasteiger partial charge is 0.493 e. The zero-order chi connectivity index (χ0) is 13.8. The standard InChI is InChI=1S/C11H12F4O2S/c1-7(16)9-3-2-8(6-10(9)12)17-4-5-18-11(13,14)15/h2-3,6-7,16H,4-5H2,1H3. The van der Waals surface area contributed by atoms with Crippen molar-refractivity contribution in [1.82, 2.24) is 0 Å². The van der Waals surface area contributed by atoms with Gasteiger partial charge in [0.1, 0.15) is 11.6 Å². The molecule has 1 aromatic rings. The van der Waals surface area contributed by atoms with Crippen LogP contribution in [0.5, 0.6) is 5.75 Å². The van der Waals surface area contributed by atoms with Crippen LogP contribution in [0.3, 0.4) is 0 Å². The number of hydrogen-bond acceptors (Lipinski definition) is 3. The molecule has 0 amide bonds. The van der Waals surface area contributed by atoms with E-state index < -0.39 is 17.4 Å². The Balaban J connectivity index is 2.47. The molecule has 0 bridgehead atoms. The van der Waals surface area contributed by atoms with Crippen molar-refractivity contribution in [3.63, 3.8) is 0 Å². The van der Waals surface area contributed by atoms with Crippen LogP contribution in [0.2, 0.25) is 0 Å². The molecule has 0 aliphatic heterocycles. The van der Waals surface area contributed by atoms with Crippen molar-refractivity contribution in [2.24, 2.45) is 0 Å². The number of alkyl halides is 3. The number of aliphatic hydroxyl groups is 1. The van der Waals surface area contributed by atoms with Crippen molar-refractivity contribution in [1.29, 1.82) is 0 Å². The minimum absolute atomic E-state index is 0.118. The average Bonchev–Trinajstić information content (AvgIpc) is 2.22. The topological polar surface area (TPSA) is 29.5 Å². The van der Waals surface area contributed by atoms with Gasteiger partial charge in [0.15, 0.2) is 0 Å². The Labute approximate surface area is 106 Å². The lowest BCUT2D eigenvalue weighted by Crippen LogP contribution is -2.07. The van der Waals surface area contributed by atoms with Crippen LogP contribution in [0, 0.1) is 5.82 Å². The van der Waals surface area contributed by atoms with Crippen molar-refractivity contribution in [3.8, 4) is 5.75 Å². The second-order valence-electron chi connectivity index (χ2n) is 3.50. The lowest BCUT2D eigenvalue weighted by molar-refractivity contribution is -0.0329. The first-order valence-electron chi connectivity index (χ1n) is 5.10. The lowest BCUT2D eigenvalue weighted by atomic mass is 10.1. The maximum absolute atomic E-state index is 13.4. The van der Waals surface area contributed by atoms with Gasteiger partial charge in [-0.05, 0) is 30.8 Å². The van der Waals surface area contributed by atoms with Crippen LogP contribution in [0.1, 0.15) is 18.6 Å². The van der Waals surface area contributed by atoms with Crippen LogP contribution in [0.15, 0.2) is 18.2 Å². The van der Waals surface area contributed by atoms with Crippen molar-refractivity contribution in [2.75, 3.05) is 12.4 Å². The van der Waals surface area contributed by atoms with E-state index in [2.05, 4.69) is 0 Å². The molecule has 0 heterocycles. The van der Waals surface area contributed by atoms with Gasteiger partial charge in [-0.2, -0.15) is 13.2 Å². The molecular weight excluding hydrogens is 272 g/mol. The number of benzene rings is 1.